The van der Waals surface area contributed by atoms with Gasteiger partial charge in [-0.2, -0.15) is 0 Å². The fourth-order valence-corrected chi connectivity index (χ4v) is 9.80. The highest BCUT2D eigenvalue weighted by molar-refractivity contribution is 6.43. The van der Waals surface area contributed by atoms with E-state index in [1.807, 2.05) is 0 Å². The predicted octanol–water partition coefficient (Wildman–Crippen LogP) is 13.8. The zero-order chi connectivity index (χ0) is 30.8. The Kier molecular flexibility index (Phi) is 4.00. The van der Waals surface area contributed by atoms with Crippen LogP contribution < -0.4 is 0 Å². The van der Waals surface area contributed by atoms with Crippen molar-refractivity contribution in [1.29, 1.82) is 0 Å². The molecular formula is C48H24. The minimum atomic E-state index is 1.29. The minimum Gasteiger partial charge on any atom is -0.0537 e. The summed E-state index contributed by atoms with van der Waals surface area (Å²) in [5, 5.41) is 31.7. The van der Waals surface area contributed by atoms with Gasteiger partial charge in [-0.3, -0.25) is 0 Å². The second-order valence-electron chi connectivity index (χ2n) is 14.0. The minimum absolute atomic E-state index is 1.29. The van der Waals surface area contributed by atoms with Crippen LogP contribution in [0, 0.1) is 0 Å². The van der Waals surface area contributed by atoms with E-state index in [1.54, 1.807) is 0 Å². The van der Waals surface area contributed by atoms with Crippen LogP contribution in [-0.2, 0) is 0 Å². The van der Waals surface area contributed by atoms with Crippen molar-refractivity contribution in [2.45, 2.75) is 0 Å². The van der Waals surface area contributed by atoms with Gasteiger partial charge in [-0.05, 0) is 129 Å². The van der Waals surface area contributed by atoms with E-state index in [1.165, 1.54) is 129 Å². The maximum absolute atomic E-state index is 2.39. The van der Waals surface area contributed by atoms with Crippen molar-refractivity contribution in [3.8, 4) is 0 Å². The van der Waals surface area contributed by atoms with Gasteiger partial charge in [0, 0.05) is 0 Å². The average Bonchev–Trinajstić information content (AvgIpc) is 3.15. The third-order valence-corrected chi connectivity index (χ3v) is 11.8. The molecule has 216 valence electrons. The number of hydrogen-bond acceptors (Lipinski definition) is 0. The number of benzene rings is 12. The van der Waals surface area contributed by atoms with E-state index < -0.39 is 0 Å². The van der Waals surface area contributed by atoms with Gasteiger partial charge < -0.3 is 0 Å². The van der Waals surface area contributed by atoms with Crippen molar-refractivity contribution in [3.05, 3.63) is 146 Å². The first kappa shape index (κ1) is 24.0. The molecule has 0 amide bonds. The van der Waals surface area contributed by atoms with Gasteiger partial charge in [-0.25, -0.2) is 0 Å². The van der Waals surface area contributed by atoms with E-state index in [-0.39, 0.29) is 0 Å². The number of hydrogen-bond donors (Lipinski definition) is 0. The molecule has 0 saturated carbocycles. The second kappa shape index (κ2) is 8.00. The monoisotopic (exact) mass is 600 g/mol. The van der Waals surface area contributed by atoms with Crippen molar-refractivity contribution in [2.24, 2.45) is 0 Å². The summed E-state index contributed by atoms with van der Waals surface area (Å²) in [5.41, 5.74) is 0. The van der Waals surface area contributed by atoms with Crippen LogP contribution >= 0.6 is 0 Å². The first-order valence-electron chi connectivity index (χ1n) is 16.9. The molecule has 13 aromatic carbocycles. The van der Waals surface area contributed by atoms with Crippen LogP contribution in [0.25, 0.3) is 129 Å². The zero-order valence-corrected chi connectivity index (χ0v) is 25.9. The van der Waals surface area contributed by atoms with Gasteiger partial charge in [0.15, 0.2) is 0 Å². The molecule has 0 atom stereocenters. The Labute approximate surface area is 274 Å². The SMILES string of the molecule is c1cc2ccc3ccc4ccc5ccc6c7ccc8ccc9ccc%10ccc%11ccc%12ccc%13c(ccc1c%13c2c3c4c57)c%12c%11c%10c9c86. The topological polar surface area (TPSA) is 0 Å². The first-order chi connectivity index (χ1) is 23.8. The summed E-state index contributed by atoms with van der Waals surface area (Å²) >= 11 is 0. The highest BCUT2D eigenvalue weighted by Gasteiger charge is 2.20. The third kappa shape index (κ3) is 2.66. The fourth-order valence-electron chi connectivity index (χ4n) is 9.80. The summed E-state index contributed by atoms with van der Waals surface area (Å²) in [6, 6.07) is 56.3. The molecule has 13 rings (SSSR count). The van der Waals surface area contributed by atoms with Crippen LogP contribution in [-0.4, -0.2) is 0 Å². The van der Waals surface area contributed by atoms with Gasteiger partial charge in [0.1, 0.15) is 0 Å². The first-order valence-corrected chi connectivity index (χ1v) is 16.9. The van der Waals surface area contributed by atoms with Gasteiger partial charge in [-0.1, -0.05) is 146 Å². The number of rotatable bonds is 0. The van der Waals surface area contributed by atoms with E-state index in [4.69, 9.17) is 0 Å². The lowest BCUT2D eigenvalue weighted by atomic mass is 9.84. The zero-order valence-electron chi connectivity index (χ0n) is 25.9. The third-order valence-electron chi connectivity index (χ3n) is 11.8. The van der Waals surface area contributed by atoms with Crippen LogP contribution in [0.4, 0.5) is 0 Å². The van der Waals surface area contributed by atoms with Crippen molar-refractivity contribution >= 4 is 129 Å². The molecule has 0 aliphatic rings. The van der Waals surface area contributed by atoms with Gasteiger partial charge in [0.25, 0.3) is 0 Å². The maximum Gasteiger partial charge on any atom is -0.00139 e. The highest BCUT2D eigenvalue weighted by atomic mass is 14.2. The molecular weight excluding hydrogens is 577 g/mol. The molecule has 0 fully saturated rings. The molecule has 48 heavy (non-hydrogen) atoms. The molecule has 0 heteroatoms. The Morgan fingerprint density at radius 2 is 0.250 bits per heavy atom. The quantitative estimate of drug-likeness (QED) is 0.152. The summed E-state index contributed by atoms with van der Waals surface area (Å²) in [6.07, 6.45) is 0. The van der Waals surface area contributed by atoms with Crippen LogP contribution in [0.5, 0.6) is 0 Å². The van der Waals surface area contributed by atoms with Gasteiger partial charge in [0.2, 0.25) is 0 Å². The molecule has 0 unspecified atom stereocenters. The summed E-state index contributed by atoms with van der Waals surface area (Å²) in [6.45, 7) is 0. The van der Waals surface area contributed by atoms with Crippen LogP contribution in [0.3, 0.4) is 0 Å². The Morgan fingerprint density at radius 3 is 0.438 bits per heavy atom. The Balaban J connectivity index is 1.54. The van der Waals surface area contributed by atoms with E-state index in [0.29, 0.717) is 0 Å². The average molecular weight is 601 g/mol. The Bertz CT molecular complexity index is 3060. The molecule has 0 aromatic heterocycles. The van der Waals surface area contributed by atoms with Crippen LogP contribution in [0.15, 0.2) is 146 Å². The van der Waals surface area contributed by atoms with Crippen molar-refractivity contribution in [3.63, 3.8) is 0 Å². The molecule has 8 bridgehead atoms. The largest absolute Gasteiger partial charge is 0.0537 e. The predicted molar refractivity (Wildman–Crippen MR) is 210 cm³/mol. The van der Waals surface area contributed by atoms with Gasteiger partial charge in [0.05, 0.1) is 0 Å². The lowest BCUT2D eigenvalue weighted by Crippen LogP contribution is -1.91. The van der Waals surface area contributed by atoms with Crippen LogP contribution in [0.2, 0.25) is 0 Å². The van der Waals surface area contributed by atoms with Crippen LogP contribution in [0.1, 0.15) is 0 Å². The normalized spacial score (nSPS) is 13.0. The van der Waals surface area contributed by atoms with E-state index >= 15 is 0 Å². The lowest BCUT2D eigenvalue weighted by Gasteiger charge is -2.19. The summed E-state index contributed by atoms with van der Waals surface area (Å²) < 4.78 is 0. The van der Waals surface area contributed by atoms with Crippen molar-refractivity contribution in [2.75, 3.05) is 0 Å². The molecule has 0 aliphatic carbocycles. The van der Waals surface area contributed by atoms with Crippen molar-refractivity contribution in [1.82, 2.24) is 0 Å². The highest BCUT2D eigenvalue weighted by Crippen LogP contribution is 2.48. The summed E-state index contributed by atoms with van der Waals surface area (Å²) in [4.78, 5) is 0. The van der Waals surface area contributed by atoms with Crippen molar-refractivity contribution < 1.29 is 0 Å². The molecule has 13 aromatic rings. The molecule has 0 nitrogen and oxygen atoms in total. The molecule has 0 aliphatic heterocycles. The smallest absolute Gasteiger partial charge is 0.00139 e. The summed E-state index contributed by atoms with van der Waals surface area (Å²) in [5.74, 6) is 0. The lowest BCUT2D eigenvalue weighted by molar-refractivity contribution is 1.80. The standard InChI is InChI=1S/C48H24/c1-5-29-9-13-33-14-10-30-6-3-27-19-24-38-37-23-20-28-4-8-32-12-16-34-15-11-31-7-2-26-18-22-35-36(40(26)45(31)48(34)46(32)42(28)38)21-17-25(1)39(35)43(29)47(33)44(30)41(27)37/h1-24H. The van der Waals surface area contributed by atoms with E-state index in [9.17, 15) is 0 Å². The molecule has 0 N–H and O–H groups in total. The Morgan fingerprint density at radius 1 is 0.125 bits per heavy atom. The molecule has 0 spiro atoms. The second-order valence-corrected chi connectivity index (χ2v) is 14.0. The van der Waals surface area contributed by atoms with Gasteiger partial charge in [-0.15, -0.1) is 0 Å². The molecule has 0 heterocycles. The van der Waals surface area contributed by atoms with E-state index in [0.717, 1.165) is 0 Å². The Hall–Kier alpha value is -6.24. The van der Waals surface area contributed by atoms with Gasteiger partial charge >= 0.3 is 0 Å². The fraction of sp³-hybridized carbons (Fsp3) is 0. The maximum atomic E-state index is 2.39. The summed E-state index contributed by atoms with van der Waals surface area (Å²) in [7, 11) is 0. The van der Waals surface area contributed by atoms with E-state index in [2.05, 4.69) is 146 Å². The molecule has 0 radical (unpaired) electrons. The molecule has 0 saturated heterocycles.